The van der Waals surface area contributed by atoms with Gasteiger partial charge in [-0.2, -0.15) is 0 Å². The van der Waals surface area contributed by atoms with Crippen molar-refractivity contribution in [2.45, 2.75) is 52.4 Å². The molecule has 0 N–H and O–H groups in total. The summed E-state index contributed by atoms with van der Waals surface area (Å²) in [4.78, 5) is 17.4. The van der Waals surface area contributed by atoms with Crippen LogP contribution in [0.1, 0.15) is 48.0 Å². The fourth-order valence-corrected chi connectivity index (χ4v) is 9.34. The van der Waals surface area contributed by atoms with Gasteiger partial charge in [0, 0.05) is 10.7 Å². The van der Waals surface area contributed by atoms with Crippen molar-refractivity contribution >= 4 is 84.6 Å². The van der Waals surface area contributed by atoms with Crippen LogP contribution in [-0.2, 0) is 21.2 Å². The van der Waals surface area contributed by atoms with Crippen molar-refractivity contribution in [2.24, 2.45) is 0 Å². The molecule has 1 aliphatic carbocycles. The van der Waals surface area contributed by atoms with E-state index in [1.807, 2.05) is 12.1 Å². The molecule has 2 nitrogen and oxygen atoms in total. The molecule has 0 amide bonds. The predicted octanol–water partition coefficient (Wildman–Crippen LogP) is 9.61. The van der Waals surface area contributed by atoms with Crippen LogP contribution in [-0.4, -0.2) is 5.97 Å². The van der Waals surface area contributed by atoms with E-state index in [-0.39, 0.29) is 16.9 Å². The molecule has 1 saturated carbocycles. The van der Waals surface area contributed by atoms with Crippen molar-refractivity contribution in [2.75, 3.05) is 0 Å². The molecule has 5 rings (SSSR count). The number of hydrogen-bond donors (Lipinski definition) is 0. The molecular formula is C31H26I3O2S+. The third-order valence-electron chi connectivity index (χ3n) is 6.77. The van der Waals surface area contributed by atoms with Crippen molar-refractivity contribution < 1.29 is 9.53 Å². The highest BCUT2D eigenvalue weighted by Crippen LogP contribution is 2.43. The van der Waals surface area contributed by atoms with Crippen LogP contribution in [0.3, 0.4) is 0 Å². The maximum Gasteiger partial charge on any atom is 0.341 e. The molecule has 1 fully saturated rings. The summed E-state index contributed by atoms with van der Waals surface area (Å²) in [5.41, 5.74) is 1.20. The molecule has 0 heterocycles. The minimum Gasteiger partial charge on any atom is -0.451 e. The van der Waals surface area contributed by atoms with Crippen molar-refractivity contribution in [1.29, 1.82) is 0 Å². The van der Waals surface area contributed by atoms with Gasteiger partial charge < -0.3 is 4.74 Å². The van der Waals surface area contributed by atoms with Gasteiger partial charge in [-0.15, -0.1) is 0 Å². The maximum atomic E-state index is 13.6. The van der Waals surface area contributed by atoms with Crippen LogP contribution in [0.4, 0.5) is 0 Å². The topological polar surface area (TPSA) is 26.3 Å². The van der Waals surface area contributed by atoms with Gasteiger partial charge in [0.05, 0.1) is 16.5 Å². The summed E-state index contributed by atoms with van der Waals surface area (Å²) in [6, 6.07) is 34.3. The van der Waals surface area contributed by atoms with Crippen molar-refractivity contribution in [3.63, 3.8) is 0 Å². The van der Waals surface area contributed by atoms with Gasteiger partial charge in [0.1, 0.15) is 5.60 Å². The van der Waals surface area contributed by atoms with Gasteiger partial charge in [0.25, 0.3) is 0 Å². The van der Waals surface area contributed by atoms with E-state index in [1.54, 1.807) is 0 Å². The molecule has 0 aromatic heterocycles. The number of carbonyl (C=O) groups is 1. The Morgan fingerprint density at radius 1 is 0.649 bits per heavy atom. The normalized spacial score (nSPS) is 14.9. The molecule has 4 aromatic rings. The van der Waals surface area contributed by atoms with Gasteiger partial charge >= 0.3 is 5.97 Å². The van der Waals surface area contributed by atoms with Crippen LogP contribution >= 0.6 is 67.8 Å². The van der Waals surface area contributed by atoms with E-state index in [0.29, 0.717) is 5.56 Å². The minimum absolute atomic E-state index is 0.201. The van der Waals surface area contributed by atoms with Crippen LogP contribution < -0.4 is 0 Å². The molecule has 1 aliphatic rings. The first-order chi connectivity index (χ1) is 18.0. The van der Waals surface area contributed by atoms with Crippen LogP contribution in [0.15, 0.2) is 112 Å². The number of carbonyl (C=O) groups excluding carboxylic acids is 1. The standard InChI is InChI=1S/C31H26I3O2S/c32-26-18-19-27(33)29(34)28(26)30(35)36-31(20-8-3-9-21-31)22-14-16-25(17-15-22)37(23-10-4-1-5-11-23)24-12-6-2-7-13-24/h1-2,4-7,10-19H,3,8-9,20-21H2/q+1. The molecule has 0 unspecified atom stereocenters. The Labute approximate surface area is 262 Å². The molecular weight excluding hydrogens is 817 g/mol. The largest absolute Gasteiger partial charge is 0.451 e. The Morgan fingerprint density at radius 2 is 1.16 bits per heavy atom. The maximum absolute atomic E-state index is 13.6. The van der Waals surface area contributed by atoms with Crippen LogP contribution in [0, 0.1) is 10.7 Å². The Hall–Kier alpha value is -1.11. The highest BCUT2D eigenvalue weighted by molar-refractivity contribution is 14.1. The molecule has 0 spiro atoms. The average molecular weight is 843 g/mol. The first-order valence-corrected chi connectivity index (χ1v) is 16.8. The third kappa shape index (κ3) is 6.06. The second kappa shape index (κ2) is 12.4. The molecule has 37 heavy (non-hydrogen) atoms. The zero-order valence-electron chi connectivity index (χ0n) is 20.1. The lowest BCUT2D eigenvalue weighted by Gasteiger charge is -2.37. The van der Waals surface area contributed by atoms with Gasteiger partial charge in [-0.1, -0.05) is 55.0 Å². The van der Waals surface area contributed by atoms with E-state index < -0.39 is 5.60 Å². The summed E-state index contributed by atoms with van der Waals surface area (Å²) in [7, 11) is -0.201. The molecule has 0 radical (unpaired) electrons. The van der Waals surface area contributed by atoms with Crippen LogP contribution in [0.5, 0.6) is 0 Å². The second-order valence-electron chi connectivity index (χ2n) is 9.12. The van der Waals surface area contributed by atoms with Gasteiger partial charge in [-0.3, -0.25) is 0 Å². The Bertz CT molecular complexity index is 1330. The average Bonchev–Trinajstić information content (AvgIpc) is 2.93. The number of rotatable bonds is 6. The highest BCUT2D eigenvalue weighted by Gasteiger charge is 2.39. The number of esters is 1. The zero-order valence-corrected chi connectivity index (χ0v) is 27.4. The van der Waals surface area contributed by atoms with E-state index in [1.165, 1.54) is 21.1 Å². The summed E-state index contributed by atoms with van der Waals surface area (Å²) >= 11 is 6.80. The number of benzene rings is 4. The highest BCUT2D eigenvalue weighted by atomic mass is 127. The van der Waals surface area contributed by atoms with E-state index in [4.69, 9.17) is 4.74 Å². The van der Waals surface area contributed by atoms with Gasteiger partial charge in [-0.05, 0) is 148 Å². The van der Waals surface area contributed by atoms with E-state index >= 15 is 0 Å². The lowest BCUT2D eigenvalue weighted by molar-refractivity contribution is -0.0419. The van der Waals surface area contributed by atoms with Crippen molar-refractivity contribution in [3.05, 3.63) is 119 Å². The van der Waals surface area contributed by atoms with Gasteiger partial charge in [0.15, 0.2) is 14.7 Å². The molecule has 0 aliphatic heterocycles. The quantitative estimate of drug-likeness (QED) is 0.0838. The van der Waals surface area contributed by atoms with Crippen molar-refractivity contribution in [3.8, 4) is 0 Å². The van der Waals surface area contributed by atoms with E-state index in [0.717, 1.165) is 42.0 Å². The molecule has 4 aromatic carbocycles. The summed E-state index contributed by atoms with van der Waals surface area (Å²) in [5.74, 6) is -0.216. The molecule has 0 bridgehead atoms. The van der Waals surface area contributed by atoms with Crippen LogP contribution in [0.25, 0.3) is 0 Å². The zero-order chi connectivity index (χ0) is 25.8. The predicted molar refractivity (Wildman–Crippen MR) is 176 cm³/mol. The first kappa shape index (κ1) is 27.5. The monoisotopic (exact) mass is 843 g/mol. The molecule has 0 saturated heterocycles. The summed E-state index contributed by atoms with van der Waals surface area (Å²) in [6.45, 7) is 0. The number of halogens is 3. The smallest absolute Gasteiger partial charge is 0.341 e. The van der Waals surface area contributed by atoms with E-state index in [2.05, 4.69) is 153 Å². The number of hydrogen-bond acceptors (Lipinski definition) is 2. The lowest BCUT2D eigenvalue weighted by atomic mass is 9.79. The Balaban J connectivity index is 1.50. The number of ether oxygens (including phenoxy) is 1. The summed E-state index contributed by atoms with van der Waals surface area (Å²) < 4.78 is 9.46. The lowest BCUT2D eigenvalue weighted by Crippen LogP contribution is -2.35. The Kier molecular flexibility index (Phi) is 9.19. The molecule has 188 valence electrons. The second-order valence-corrected chi connectivity index (χ2v) is 14.5. The van der Waals surface area contributed by atoms with Crippen molar-refractivity contribution in [1.82, 2.24) is 0 Å². The van der Waals surface area contributed by atoms with Crippen LogP contribution in [0.2, 0.25) is 0 Å². The first-order valence-electron chi connectivity index (χ1n) is 12.3. The Morgan fingerprint density at radius 3 is 1.73 bits per heavy atom. The van der Waals surface area contributed by atoms with E-state index in [9.17, 15) is 4.79 Å². The minimum atomic E-state index is -0.584. The van der Waals surface area contributed by atoms with Gasteiger partial charge in [0.2, 0.25) is 0 Å². The fourth-order valence-electron chi connectivity index (χ4n) is 4.93. The SMILES string of the molecule is O=C(OC1(c2ccc([S+](c3ccccc3)c3ccccc3)cc2)CCCCC1)c1c(I)ccc(I)c1I. The molecule has 0 atom stereocenters. The fraction of sp³-hybridized carbons (Fsp3) is 0.194. The van der Waals surface area contributed by atoms with Gasteiger partial charge in [-0.25, -0.2) is 4.79 Å². The molecule has 6 heteroatoms. The summed E-state index contributed by atoms with van der Waals surface area (Å²) in [5, 5.41) is 0. The third-order valence-corrected chi connectivity index (χ3v) is 13.0. The summed E-state index contributed by atoms with van der Waals surface area (Å²) in [6.07, 6.45) is 5.03.